The van der Waals surface area contributed by atoms with Gasteiger partial charge in [0.1, 0.15) is 5.75 Å². The number of ether oxygens (including phenoxy) is 1. The molecule has 0 aliphatic heterocycles. The van der Waals surface area contributed by atoms with Crippen molar-refractivity contribution >= 4 is 5.97 Å². The molecule has 4 rings (SSSR count). The Bertz CT molecular complexity index is 1140. The van der Waals surface area contributed by atoms with Gasteiger partial charge in [-0.15, -0.1) is 0 Å². The highest BCUT2D eigenvalue weighted by molar-refractivity contribution is 5.88. The highest BCUT2D eigenvalue weighted by atomic mass is 16.5. The Kier molecular flexibility index (Phi) is 5.17. The Morgan fingerprint density at radius 3 is 1.97 bits per heavy atom. The van der Waals surface area contributed by atoms with Gasteiger partial charge < -0.3 is 9.84 Å². The van der Waals surface area contributed by atoms with E-state index in [4.69, 9.17) is 9.84 Å². The van der Waals surface area contributed by atoms with Crippen LogP contribution in [0.25, 0.3) is 22.3 Å². The second-order valence-corrected chi connectivity index (χ2v) is 9.83. The summed E-state index contributed by atoms with van der Waals surface area (Å²) >= 11 is 0. The minimum Gasteiger partial charge on any atom is -0.496 e. The van der Waals surface area contributed by atoms with Crippen LogP contribution in [0.5, 0.6) is 5.75 Å². The second-order valence-electron chi connectivity index (χ2n) is 9.83. The van der Waals surface area contributed by atoms with Gasteiger partial charge in [0.05, 0.1) is 12.7 Å². The van der Waals surface area contributed by atoms with Gasteiger partial charge in [0.15, 0.2) is 0 Å². The number of aromatic carboxylic acids is 1. The molecule has 1 aliphatic carbocycles. The summed E-state index contributed by atoms with van der Waals surface area (Å²) in [7, 11) is 1.70. The molecule has 31 heavy (non-hydrogen) atoms. The lowest BCUT2D eigenvalue weighted by molar-refractivity contribution is 0.0697. The van der Waals surface area contributed by atoms with E-state index in [1.54, 1.807) is 19.2 Å². The number of benzene rings is 3. The Morgan fingerprint density at radius 2 is 1.35 bits per heavy atom. The summed E-state index contributed by atoms with van der Waals surface area (Å²) in [6, 6.07) is 20.0. The fourth-order valence-electron chi connectivity index (χ4n) is 4.67. The molecule has 0 radical (unpaired) electrons. The van der Waals surface area contributed by atoms with E-state index in [-0.39, 0.29) is 16.4 Å². The van der Waals surface area contributed by atoms with E-state index in [9.17, 15) is 4.79 Å². The lowest BCUT2D eigenvalue weighted by Gasteiger charge is -2.42. The van der Waals surface area contributed by atoms with Gasteiger partial charge in [0.2, 0.25) is 0 Å². The summed E-state index contributed by atoms with van der Waals surface area (Å²) in [5.74, 6) is -0.0831. The molecule has 160 valence electrons. The van der Waals surface area contributed by atoms with Crippen LogP contribution in [0.15, 0.2) is 60.7 Å². The van der Waals surface area contributed by atoms with Crippen LogP contribution in [0.3, 0.4) is 0 Å². The first-order chi connectivity index (χ1) is 14.6. The summed E-state index contributed by atoms with van der Waals surface area (Å²) in [6.07, 6.45) is 2.36. The maximum absolute atomic E-state index is 11.2. The Hall–Kier alpha value is -3.07. The van der Waals surface area contributed by atoms with E-state index < -0.39 is 5.97 Å². The topological polar surface area (TPSA) is 46.5 Å². The molecule has 0 bridgehead atoms. The van der Waals surface area contributed by atoms with Crippen molar-refractivity contribution in [2.24, 2.45) is 0 Å². The van der Waals surface area contributed by atoms with Gasteiger partial charge in [-0.1, -0.05) is 64.1 Å². The van der Waals surface area contributed by atoms with Gasteiger partial charge in [-0.25, -0.2) is 4.79 Å². The minimum absolute atomic E-state index is 0.137. The molecule has 3 nitrogen and oxygen atoms in total. The zero-order valence-corrected chi connectivity index (χ0v) is 19.0. The van der Waals surface area contributed by atoms with E-state index >= 15 is 0 Å². The quantitative estimate of drug-likeness (QED) is 0.496. The molecule has 0 unspecified atom stereocenters. The standard InChI is InChI=1S/C28H30O3/c1-27(2)14-15-28(3,4)24-17-21(10-12-23(24)27)22-16-20(11-13-25(22)31-5)18-6-8-19(9-7-18)26(29)30/h6-13,16-17H,14-15H2,1-5H3,(H,29,30). The third-order valence-corrected chi connectivity index (χ3v) is 6.83. The number of hydrogen-bond acceptors (Lipinski definition) is 2. The molecule has 0 fully saturated rings. The minimum atomic E-state index is -0.915. The third kappa shape index (κ3) is 3.85. The molecule has 0 amide bonds. The third-order valence-electron chi connectivity index (χ3n) is 6.83. The zero-order valence-electron chi connectivity index (χ0n) is 19.0. The fourth-order valence-corrected chi connectivity index (χ4v) is 4.67. The smallest absolute Gasteiger partial charge is 0.335 e. The van der Waals surface area contributed by atoms with Crippen LogP contribution in [0, 0.1) is 0 Å². The average molecular weight is 415 g/mol. The normalized spacial score (nSPS) is 16.4. The number of carbonyl (C=O) groups is 1. The number of methoxy groups -OCH3 is 1. The molecule has 3 heteroatoms. The van der Waals surface area contributed by atoms with Crippen LogP contribution in [-0.2, 0) is 10.8 Å². The van der Waals surface area contributed by atoms with Gasteiger partial charge in [0.25, 0.3) is 0 Å². The molecular weight excluding hydrogens is 384 g/mol. The second kappa shape index (κ2) is 7.56. The SMILES string of the molecule is COc1ccc(-c2ccc(C(=O)O)cc2)cc1-c1ccc2c(c1)C(C)(C)CCC2(C)C. The first-order valence-corrected chi connectivity index (χ1v) is 10.8. The lowest BCUT2D eigenvalue weighted by atomic mass is 9.63. The predicted octanol–water partition coefficient (Wildman–Crippen LogP) is 7.08. The monoisotopic (exact) mass is 414 g/mol. The van der Waals surface area contributed by atoms with Crippen LogP contribution in [0.4, 0.5) is 0 Å². The zero-order chi connectivity index (χ0) is 22.4. The van der Waals surface area contributed by atoms with E-state index in [0.717, 1.165) is 28.0 Å². The van der Waals surface area contributed by atoms with Crippen molar-refractivity contribution < 1.29 is 14.6 Å². The van der Waals surface area contributed by atoms with E-state index in [1.165, 1.54) is 24.0 Å². The number of fused-ring (bicyclic) bond motifs is 1. The summed E-state index contributed by atoms with van der Waals surface area (Å²) in [4.78, 5) is 11.2. The van der Waals surface area contributed by atoms with Crippen molar-refractivity contribution in [1.82, 2.24) is 0 Å². The molecule has 3 aromatic carbocycles. The number of carboxylic acids is 1. The largest absolute Gasteiger partial charge is 0.496 e. The molecule has 0 saturated heterocycles. The van der Waals surface area contributed by atoms with Crippen molar-refractivity contribution in [2.45, 2.75) is 51.4 Å². The van der Waals surface area contributed by atoms with Crippen molar-refractivity contribution in [3.05, 3.63) is 77.4 Å². The number of rotatable bonds is 4. The van der Waals surface area contributed by atoms with E-state index in [0.29, 0.717) is 0 Å². The van der Waals surface area contributed by atoms with Gasteiger partial charge in [-0.3, -0.25) is 0 Å². The van der Waals surface area contributed by atoms with Gasteiger partial charge >= 0.3 is 5.97 Å². The van der Waals surface area contributed by atoms with Crippen molar-refractivity contribution in [1.29, 1.82) is 0 Å². The van der Waals surface area contributed by atoms with Gasteiger partial charge in [-0.2, -0.15) is 0 Å². The molecule has 0 heterocycles. The molecule has 0 spiro atoms. The summed E-state index contributed by atoms with van der Waals surface area (Å²) in [6.45, 7) is 9.34. The molecule has 1 N–H and O–H groups in total. The molecule has 1 aliphatic rings. The van der Waals surface area contributed by atoms with E-state index in [1.807, 2.05) is 24.3 Å². The Labute approximate surface area is 184 Å². The summed E-state index contributed by atoms with van der Waals surface area (Å²) in [5, 5.41) is 9.17. The Balaban J connectivity index is 1.83. The maximum Gasteiger partial charge on any atom is 0.335 e. The highest BCUT2D eigenvalue weighted by Crippen LogP contribution is 2.47. The molecule has 0 atom stereocenters. The number of hydrogen-bond donors (Lipinski definition) is 1. The van der Waals surface area contributed by atoms with E-state index in [2.05, 4.69) is 52.0 Å². The van der Waals surface area contributed by atoms with Crippen LogP contribution in [0.1, 0.15) is 62.0 Å². The predicted molar refractivity (Wildman–Crippen MR) is 126 cm³/mol. The van der Waals surface area contributed by atoms with Crippen LogP contribution >= 0.6 is 0 Å². The van der Waals surface area contributed by atoms with Crippen LogP contribution in [-0.4, -0.2) is 18.2 Å². The molecule has 0 aromatic heterocycles. The maximum atomic E-state index is 11.2. The van der Waals surface area contributed by atoms with Gasteiger partial charge in [-0.05, 0) is 75.8 Å². The first kappa shape index (κ1) is 21.2. The fraction of sp³-hybridized carbons (Fsp3) is 0.321. The number of carboxylic acid groups (broad SMARTS) is 1. The van der Waals surface area contributed by atoms with Crippen molar-refractivity contribution in [3.63, 3.8) is 0 Å². The molecule has 0 saturated carbocycles. The highest BCUT2D eigenvalue weighted by Gasteiger charge is 2.37. The van der Waals surface area contributed by atoms with Crippen molar-refractivity contribution in [3.8, 4) is 28.0 Å². The van der Waals surface area contributed by atoms with Crippen molar-refractivity contribution in [2.75, 3.05) is 7.11 Å². The Morgan fingerprint density at radius 1 is 0.774 bits per heavy atom. The van der Waals surface area contributed by atoms with Gasteiger partial charge in [0, 0.05) is 5.56 Å². The first-order valence-electron chi connectivity index (χ1n) is 10.8. The summed E-state index contributed by atoms with van der Waals surface area (Å²) < 4.78 is 5.70. The summed E-state index contributed by atoms with van der Waals surface area (Å²) in [5.41, 5.74) is 7.66. The van der Waals surface area contributed by atoms with Crippen LogP contribution < -0.4 is 4.74 Å². The molecule has 3 aromatic rings. The molecular formula is C28H30O3. The van der Waals surface area contributed by atoms with Crippen LogP contribution in [0.2, 0.25) is 0 Å². The average Bonchev–Trinajstić information content (AvgIpc) is 2.76. The lowest BCUT2D eigenvalue weighted by Crippen LogP contribution is -2.33.